The number of ether oxygens (including phenoxy) is 3. The number of amides is 1. The average molecular weight is 293 g/mol. The third-order valence-electron chi connectivity index (χ3n) is 3.42. The molecule has 112 valence electrons. The highest BCUT2D eigenvalue weighted by molar-refractivity contribution is 5.95. The van der Waals surface area contributed by atoms with Crippen LogP contribution in [0.1, 0.15) is 10.4 Å². The van der Waals surface area contributed by atoms with E-state index in [0.29, 0.717) is 36.8 Å². The summed E-state index contributed by atoms with van der Waals surface area (Å²) in [6.45, 7) is 1.57. The Morgan fingerprint density at radius 3 is 2.67 bits per heavy atom. The lowest BCUT2D eigenvalue weighted by atomic mass is 10.1. The lowest BCUT2D eigenvalue weighted by Gasteiger charge is -2.31. The monoisotopic (exact) mass is 293 g/mol. The second-order valence-corrected chi connectivity index (χ2v) is 4.81. The van der Waals surface area contributed by atoms with Gasteiger partial charge in [-0.2, -0.15) is 0 Å². The van der Waals surface area contributed by atoms with E-state index in [9.17, 15) is 9.59 Å². The van der Waals surface area contributed by atoms with E-state index in [4.69, 9.17) is 19.3 Å². The minimum Gasteiger partial charge on any atom is -0.486 e. The topological polar surface area (TPSA) is 85.3 Å². The quantitative estimate of drug-likeness (QED) is 0.848. The summed E-state index contributed by atoms with van der Waals surface area (Å²) in [5, 5.41) is 8.97. The molecule has 1 amide bonds. The number of nitrogens with zero attached hydrogens (tertiary/aromatic N) is 1. The molecule has 2 aliphatic rings. The maximum atomic E-state index is 12.4. The van der Waals surface area contributed by atoms with Gasteiger partial charge in [-0.1, -0.05) is 0 Å². The SMILES string of the molecule is O=C(O)C1CN(C(=O)c2ccc3c(c2)OCCO3)CCO1. The van der Waals surface area contributed by atoms with Gasteiger partial charge in [-0.3, -0.25) is 4.79 Å². The number of carbonyl (C=O) groups excluding carboxylic acids is 1. The molecule has 0 bridgehead atoms. The zero-order chi connectivity index (χ0) is 14.8. The molecule has 3 rings (SSSR count). The Morgan fingerprint density at radius 1 is 1.14 bits per heavy atom. The van der Waals surface area contributed by atoms with Crippen LogP contribution in [0.25, 0.3) is 0 Å². The summed E-state index contributed by atoms with van der Waals surface area (Å²) >= 11 is 0. The van der Waals surface area contributed by atoms with Crippen LogP contribution < -0.4 is 9.47 Å². The van der Waals surface area contributed by atoms with Crippen LogP contribution in [0.4, 0.5) is 0 Å². The van der Waals surface area contributed by atoms with E-state index < -0.39 is 12.1 Å². The number of carboxylic acids is 1. The maximum Gasteiger partial charge on any atom is 0.334 e. The number of fused-ring (bicyclic) bond motifs is 1. The van der Waals surface area contributed by atoms with E-state index in [1.807, 2.05) is 0 Å². The van der Waals surface area contributed by atoms with E-state index in [1.165, 1.54) is 4.90 Å². The molecule has 21 heavy (non-hydrogen) atoms. The van der Waals surface area contributed by atoms with Gasteiger partial charge in [0, 0.05) is 12.1 Å². The van der Waals surface area contributed by atoms with Crippen LogP contribution in [0.3, 0.4) is 0 Å². The van der Waals surface area contributed by atoms with Crippen molar-refractivity contribution in [3.8, 4) is 11.5 Å². The first-order valence-corrected chi connectivity index (χ1v) is 6.68. The Kier molecular flexibility index (Phi) is 3.66. The van der Waals surface area contributed by atoms with Gasteiger partial charge in [0.15, 0.2) is 17.6 Å². The molecule has 1 aromatic rings. The zero-order valence-corrected chi connectivity index (χ0v) is 11.3. The van der Waals surface area contributed by atoms with Crippen LogP contribution >= 0.6 is 0 Å². The van der Waals surface area contributed by atoms with Gasteiger partial charge >= 0.3 is 5.97 Å². The number of hydrogen-bond acceptors (Lipinski definition) is 5. The van der Waals surface area contributed by atoms with Crippen molar-refractivity contribution < 1.29 is 28.9 Å². The molecule has 0 aromatic heterocycles. The van der Waals surface area contributed by atoms with Gasteiger partial charge < -0.3 is 24.2 Å². The highest BCUT2D eigenvalue weighted by Crippen LogP contribution is 2.31. The van der Waals surface area contributed by atoms with Crippen molar-refractivity contribution in [2.75, 3.05) is 32.9 Å². The summed E-state index contributed by atoms with van der Waals surface area (Å²) in [5.41, 5.74) is 0.449. The van der Waals surface area contributed by atoms with E-state index in [1.54, 1.807) is 18.2 Å². The zero-order valence-electron chi connectivity index (χ0n) is 11.3. The van der Waals surface area contributed by atoms with Gasteiger partial charge in [0.05, 0.1) is 13.2 Å². The Morgan fingerprint density at radius 2 is 1.90 bits per heavy atom. The molecule has 7 heteroatoms. The molecule has 2 aliphatic heterocycles. The summed E-state index contributed by atoms with van der Waals surface area (Å²) in [6, 6.07) is 4.97. The maximum absolute atomic E-state index is 12.4. The Balaban J connectivity index is 1.77. The van der Waals surface area contributed by atoms with Gasteiger partial charge in [0.1, 0.15) is 13.2 Å². The highest BCUT2D eigenvalue weighted by atomic mass is 16.6. The lowest BCUT2D eigenvalue weighted by molar-refractivity contribution is -0.154. The lowest BCUT2D eigenvalue weighted by Crippen LogP contribution is -2.48. The second kappa shape index (κ2) is 5.61. The number of carboxylic acid groups (broad SMARTS) is 1. The number of carbonyl (C=O) groups is 2. The van der Waals surface area contributed by atoms with Gasteiger partial charge in [-0.05, 0) is 18.2 Å². The molecule has 0 spiro atoms. The molecule has 1 aromatic carbocycles. The Hall–Kier alpha value is -2.28. The van der Waals surface area contributed by atoms with Crippen molar-refractivity contribution in [1.82, 2.24) is 4.90 Å². The largest absolute Gasteiger partial charge is 0.486 e. The summed E-state index contributed by atoms with van der Waals surface area (Å²) < 4.78 is 16.0. The Labute approximate surface area is 121 Å². The van der Waals surface area contributed by atoms with E-state index >= 15 is 0 Å². The van der Waals surface area contributed by atoms with Crippen LogP contribution in [-0.4, -0.2) is 60.9 Å². The van der Waals surface area contributed by atoms with E-state index in [-0.39, 0.29) is 19.1 Å². The molecule has 2 heterocycles. The summed E-state index contributed by atoms with van der Waals surface area (Å²) in [5.74, 6) is -0.144. The second-order valence-electron chi connectivity index (χ2n) is 4.81. The van der Waals surface area contributed by atoms with Crippen molar-refractivity contribution in [2.24, 2.45) is 0 Å². The number of hydrogen-bond donors (Lipinski definition) is 1. The van der Waals surface area contributed by atoms with Crippen LogP contribution in [0.2, 0.25) is 0 Å². The molecule has 0 saturated carbocycles. The van der Waals surface area contributed by atoms with Crippen LogP contribution in [0, 0.1) is 0 Å². The standard InChI is InChI=1S/C14H15NO6/c16-13(15-3-4-19-12(8-15)14(17)18)9-1-2-10-11(7-9)21-6-5-20-10/h1-2,7,12H,3-6,8H2,(H,17,18). The first kappa shape index (κ1) is 13.7. The fraction of sp³-hybridized carbons (Fsp3) is 0.429. The number of rotatable bonds is 2. The van der Waals surface area contributed by atoms with Crippen LogP contribution in [0.15, 0.2) is 18.2 Å². The third kappa shape index (κ3) is 2.78. The molecule has 1 saturated heterocycles. The Bertz CT molecular complexity index is 573. The summed E-state index contributed by atoms with van der Waals surface area (Å²) in [4.78, 5) is 24.9. The third-order valence-corrected chi connectivity index (χ3v) is 3.42. The predicted octanol–water partition coefficient (Wildman–Crippen LogP) is 0.383. The fourth-order valence-corrected chi connectivity index (χ4v) is 2.34. The highest BCUT2D eigenvalue weighted by Gasteiger charge is 2.30. The molecule has 0 aliphatic carbocycles. The molecule has 1 unspecified atom stereocenters. The number of aliphatic carboxylic acids is 1. The molecule has 1 fully saturated rings. The van der Waals surface area contributed by atoms with Crippen molar-refractivity contribution in [1.29, 1.82) is 0 Å². The van der Waals surface area contributed by atoms with Crippen molar-refractivity contribution in [3.05, 3.63) is 23.8 Å². The number of benzene rings is 1. The van der Waals surface area contributed by atoms with Crippen LogP contribution in [0.5, 0.6) is 11.5 Å². The van der Waals surface area contributed by atoms with Crippen molar-refractivity contribution >= 4 is 11.9 Å². The minimum atomic E-state index is -1.06. The summed E-state index contributed by atoms with van der Waals surface area (Å²) in [6.07, 6.45) is -0.972. The fourth-order valence-electron chi connectivity index (χ4n) is 2.34. The average Bonchev–Trinajstić information content (AvgIpc) is 2.53. The van der Waals surface area contributed by atoms with Crippen molar-refractivity contribution in [2.45, 2.75) is 6.10 Å². The minimum absolute atomic E-state index is 0.0443. The molecule has 0 radical (unpaired) electrons. The summed E-state index contributed by atoms with van der Waals surface area (Å²) in [7, 11) is 0. The predicted molar refractivity (Wildman–Crippen MR) is 70.7 cm³/mol. The first-order chi connectivity index (χ1) is 10.1. The molecular formula is C14H15NO6. The van der Waals surface area contributed by atoms with E-state index in [2.05, 4.69) is 0 Å². The molecule has 1 N–H and O–H groups in total. The number of morpholine rings is 1. The van der Waals surface area contributed by atoms with Gasteiger partial charge in [0.25, 0.3) is 5.91 Å². The van der Waals surface area contributed by atoms with Gasteiger partial charge in [-0.25, -0.2) is 4.79 Å². The van der Waals surface area contributed by atoms with Crippen molar-refractivity contribution in [3.63, 3.8) is 0 Å². The molecule has 1 atom stereocenters. The van der Waals surface area contributed by atoms with E-state index in [0.717, 1.165) is 0 Å². The van der Waals surface area contributed by atoms with Gasteiger partial charge in [0.2, 0.25) is 0 Å². The normalized spacial score (nSPS) is 21.0. The van der Waals surface area contributed by atoms with Crippen LogP contribution in [-0.2, 0) is 9.53 Å². The molecular weight excluding hydrogens is 278 g/mol. The first-order valence-electron chi connectivity index (χ1n) is 6.68. The molecule has 7 nitrogen and oxygen atoms in total. The smallest absolute Gasteiger partial charge is 0.334 e. The van der Waals surface area contributed by atoms with Gasteiger partial charge in [-0.15, -0.1) is 0 Å².